The van der Waals surface area contributed by atoms with E-state index >= 15 is 0 Å². The Kier molecular flexibility index (Phi) is 5.50. The molecule has 5 heteroatoms. The minimum Gasteiger partial charge on any atom is -0.371 e. The molecule has 5 N–H and O–H groups in total. The fourth-order valence-corrected chi connectivity index (χ4v) is 0.568. The van der Waals surface area contributed by atoms with Crippen LogP contribution in [0.3, 0.4) is 0 Å². The summed E-state index contributed by atoms with van der Waals surface area (Å²) in [6.07, 6.45) is 0. The molecule has 66 valence electrons. The lowest BCUT2D eigenvalue weighted by Gasteiger charge is -2.06. The molecule has 0 bridgehead atoms. The summed E-state index contributed by atoms with van der Waals surface area (Å²) in [4.78, 5) is 3.79. The maximum absolute atomic E-state index is 8.29. The Balaban J connectivity index is 3.36. The van der Waals surface area contributed by atoms with Gasteiger partial charge in [0.15, 0.2) is 5.96 Å². The molecule has 0 aromatic heterocycles. The first-order valence-corrected chi connectivity index (χ1v) is 3.40. The summed E-state index contributed by atoms with van der Waals surface area (Å²) in [5.41, 5.74) is 10.2. The van der Waals surface area contributed by atoms with Crippen LogP contribution in [-0.2, 0) is 4.74 Å². The summed E-state index contributed by atoms with van der Waals surface area (Å²) in [5, 5.41) is 8.29. The van der Waals surface area contributed by atoms with Gasteiger partial charge in [-0.2, -0.15) is 0 Å². The Morgan fingerprint density at radius 1 is 1.64 bits per heavy atom. The molecule has 0 saturated heterocycles. The normalized spacial score (nSPS) is 12.5. The molecule has 0 radical (unpaired) electrons. The van der Waals surface area contributed by atoms with Crippen molar-refractivity contribution < 1.29 is 9.84 Å². The van der Waals surface area contributed by atoms with E-state index in [1.165, 1.54) is 0 Å². The molecular weight excluding hydrogens is 146 g/mol. The molecule has 0 fully saturated rings. The summed E-state index contributed by atoms with van der Waals surface area (Å²) < 4.78 is 4.73. The van der Waals surface area contributed by atoms with Crippen LogP contribution in [-0.4, -0.2) is 31.0 Å². The van der Waals surface area contributed by atoms with Gasteiger partial charge in [-0.05, 0) is 5.92 Å². The van der Waals surface area contributed by atoms with Gasteiger partial charge in [-0.15, -0.1) is 0 Å². The lowest BCUT2D eigenvalue weighted by molar-refractivity contribution is -0.0139. The van der Waals surface area contributed by atoms with Gasteiger partial charge < -0.3 is 21.3 Å². The second kappa shape index (κ2) is 5.94. The molecule has 0 spiro atoms. The molecule has 1 unspecified atom stereocenters. The van der Waals surface area contributed by atoms with Crippen molar-refractivity contribution in [2.75, 3.05) is 19.9 Å². The van der Waals surface area contributed by atoms with Gasteiger partial charge in [-0.1, -0.05) is 6.92 Å². The van der Waals surface area contributed by atoms with Crippen molar-refractivity contribution in [1.29, 1.82) is 0 Å². The van der Waals surface area contributed by atoms with E-state index < -0.39 is 0 Å². The third kappa shape index (κ3) is 7.08. The minimum atomic E-state index is -0.258. The highest BCUT2D eigenvalue weighted by molar-refractivity contribution is 5.75. The van der Waals surface area contributed by atoms with Crippen molar-refractivity contribution in [2.24, 2.45) is 22.4 Å². The summed E-state index contributed by atoms with van der Waals surface area (Å²) in [6.45, 7) is 2.67. The average molecular weight is 161 g/mol. The predicted octanol–water partition coefficient (Wildman–Crippen LogP) is -1.14. The number of ether oxygens (including phenoxy) is 1. The second-order valence-electron chi connectivity index (χ2n) is 2.37. The van der Waals surface area contributed by atoms with E-state index in [-0.39, 0.29) is 18.7 Å². The molecule has 5 nitrogen and oxygen atoms in total. The number of nitrogens with two attached hydrogens (primary N) is 2. The summed E-state index contributed by atoms with van der Waals surface area (Å²) >= 11 is 0. The molecule has 11 heavy (non-hydrogen) atoms. The monoisotopic (exact) mass is 161 g/mol. The Hall–Kier alpha value is -0.810. The number of rotatable bonds is 5. The van der Waals surface area contributed by atoms with E-state index in [1.54, 1.807) is 0 Å². The van der Waals surface area contributed by atoms with Crippen LogP contribution >= 0.6 is 0 Å². The molecule has 0 rings (SSSR count). The second-order valence-corrected chi connectivity index (χ2v) is 2.37. The molecule has 0 heterocycles. The molecule has 0 amide bonds. The summed E-state index contributed by atoms with van der Waals surface area (Å²) in [6, 6.07) is 0. The van der Waals surface area contributed by atoms with Crippen molar-refractivity contribution in [3.05, 3.63) is 0 Å². The number of hydrogen-bond donors (Lipinski definition) is 3. The zero-order valence-electron chi connectivity index (χ0n) is 6.66. The first-order valence-electron chi connectivity index (χ1n) is 3.40. The van der Waals surface area contributed by atoms with E-state index in [0.29, 0.717) is 13.2 Å². The van der Waals surface area contributed by atoms with Crippen LogP contribution < -0.4 is 11.5 Å². The highest BCUT2D eigenvalue weighted by Gasteiger charge is 1.99. The Morgan fingerprint density at radius 2 is 2.27 bits per heavy atom. The molecule has 1 atom stereocenters. The van der Waals surface area contributed by atoms with Gasteiger partial charge in [0.2, 0.25) is 0 Å². The van der Waals surface area contributed by atoms with Gasteiger partial charge in [0.05, 0.1) is 6.61 Å². The van der Waals surface area contributed by atoms with Gasteiger partial charge in [-0.3, -0.25) is 4.99 Å². The molecular formula is C6H15N3O2. The number of aliphatic hydroxyl groups excluding tert-OH is 1. The van der Waals surface area contributed by atoms with Crippen molar-refractivity contribution in [3.8, 4) is 0 Å². The van der Waals surface area contributed by atoms with Crippen LogP contribution in [0.15, 0.2) is 4.99 Å². The molecule has 0 aliphatic carbocycles. The first-order chi connectivity index (χ1) is 5.16. The largest absolute Gasteiger partial charge is 0.371 e. The molecule has 0 aliphatic heterocycles. The fraction of sp³-hybridized carbons (Fsp3) is 0.833. The SMILES string of the molecule is CC(CN=C(N)N)COCO. The lowest BCUT2D eigenvalue weighted by Crippen LogP contribution is -2.24. The van der Waals surface area contributed by atoms with Gasteiger partial charge in [0, 0.05) is 6.54 Å². The van der Waals surface area contributed by atoms with Crippen LogP contribution in [0.5, 0.6) is 0 Å². The minimum absolute atomic E-state index is 0.0841. The van der Waals surface area contributed by atoms with E-state index in [9.17, 15) is 0 Å². The van der Waals surface area contributed by atoms with Crippen LogP contribution in [0.1, 0.15) is 6.92 Å². The predicted molar refractivity (Wildman–Crippen MR) is 42.9 cm³/mol. The smallest absolute Gasteiger partial charge is 0.185 e. The van der Waals surface area contributed by atoms with Crippen LogP contribution in [0.25, 0.3) is 0 Å². The number of aliphatic imine (C=N–C) groups is 1. The lowest BCUT2D eigenvalue weighted by atomic mass is 10.2. The van der Waals surface area contributed by atoms with E-state index in [1.807, 2.05) is 6.92 Å². The Labute approximate surface area is 66.0 Å². The molecule has 0 aromatic rings. The van der Waals surface area contributed by atoms with E-state index in [0.717, 1.165) is 0 Å². The first kappa shape index (κ1) is 10.2. The Bertz CT molecular complexity index is 123. The Morgan fingerprint density at radius 3 is 2.73 bits per heavy atom. The fourth-order valence-electron chi connectivity index (χ4n) is 0.568. The zero-order chi connectivity index (χ0) is 8.69. The third-order valence-electron chi connectivity index (χ3n) is 1.08. The van der Waals surface area contributed by atoms with Gasteiger partial charge in [-0.25, -0.2) is 0 Å². The van der Waals surface area contributed by atoms with Crippen LogP contribution in [0.2, 0.25) is 0 Å². The highest BCUT2D eigenvalue weighted by atomic mass is 16.6. The van der Waals surface area contributed by atoms with Crippen molar-refractivity contribution >= 4 is 5.96 Å². The number of hydrogen-bond acceptors (Lipinski definition) is 3. The summed E-state index contributed by atoms with van der Waals surface area (Å²) in [5.74, 6) is 0.310. The quantitative estimate of drug-likeness (QED) is 0.270. The van der Waals surface area contributed by atoms with Gasteiger partial charge >= 0.3 is 0 Å². The van der Waals surface area contributed by atoms with Gasteiger partial charge in [0.25, 0.3) is 0 Å². The van der Waals surface area contributed by atoms with E-state index in [4.69, 9.17) is 21.3 Å². The maximum atomic E-state index is 8.29. The highest BCUT2D eigenvalue weighted by Crippen LogP contribution is 1.95. The number of nitrogens with zero attached hydrogens (tertiary/aromatic N) is 1. The topological polar surface area (TPSA) is 93.9 Å². The van der Waals surface area contributed by atoms with Crippen LogP contribution in [0.4, 0.5) is 0 Å². The molecule has 0 saturated carbocycles. The number of aliphatic hydroxyl groups is 1. The van der Waals surface area contributed by atoms with Crippen molar-refractivity contribution in [2.45, 2.75) is 6.92 Å². The molecule has 0 aromatic carbocycles. The van der Waals surface area contributed by atoms with Crippen molar-refractivity contribution in [3.63, 3.8) is 0 Å². The number of guanidine groups is 1. The van der Waals surface area contributed by atoms with Crippen LogP contribution in [0, 0.1) is 5.92 Å². The third-order valence-corrected chi connectivity index (χ3v) is 1.08. The zero-order valence-corrected chi connectivity index (χ0v) is 6.66. The molecule has 0 aliphatic rings. The van der Waals surface area contributed by atoms with E-state index in [2.05, 4.69) is 4.99 Å². The standard InChI is InChI=1S/C6H15N3O2/c1-5(3-11-4-10)2-9-6(7)8/h5,10H,2-4H2,1H3,(H4,7,8,9). The average Bonchev–Trinajstić information content (AvgIpc) is 1.97. The summed E-state index contributed by atoms with van der Waals surface area (Å²) in [7, 11) is 0. The van der Waals surface area contributed by atoms with Crippen molar-refractivity contribution in [1.82, 2.24) is 0 Å². The van der Waals surface area contributed by atoms with Gasteiger partial charge in [0.1, 0.15) is 6.79 Å². The maximum Gasteiger partial charge on any atom is 0.185 e.